The van der Waals surface area contributed by atoms with Crippen molar-refractivity contribution in [3.63, 3.8) is 0 Å². The fraction of sp³-hybridized carbons (Fsp3) is 0.650. The van der Waals surface area contributed by atoms with Crippen molar-refractivity contribution in [2.75, 3.05) is 6.54 Å². The SMILES string of the molecule is CC(C)n1nc(O[C@@H]2C[C@H]3C(=O)N[C@]4(C(=O)NS(=O)(=O)C5CC5)C[C@H]4/C=C\CC[C@@H](C)C[C@@H](C)[C@H](NC(=O)OC(C)(C)C(C)(F)F)C(=O)N3C2)c2ccccc2c1=O. The Hall–Kier alpha value is -4.61. The highest BCUT2D eigenvalue weighted by molar-refractivity contribution is 7.91. The van der Waals surface area contributed by atoms with Crippen molar-refractivity contribution >= 4 is 44.6 Å². The van der Waals surface area contributed by atoms with Gasteiger partial charge in [0.2, 0.25) is 27.7 Å². The molecule has 2 saturated carbocycles. The molecule has 0 spiro atoms. The molecule has 318 valence electrons. The first-order chi connectivity index (χ1) is 27.0. The van der Waals surface area contributed by atoms with E-state index in [1.54, 1.807) is 51.1 Å². The number of sulfonamides is 1. The lowest BCUT2D eigenvalue weighted by Gasteiger charge is -2.35. The maximum absolute atomic E-state index is 14.8. The van der Waals surface area contributed by atoms with Crippen LogP contribution >= 0.6 is 0 Å². The molecule has 2 aliphatic heterocycles. The topological polar surface area (TPSA) is 195 Å². The van der Waals surface area contributed by atoms with Crippen LogP contribution in [-0.4, -0.2) is 94.0 Å². The number of hydrogen-bond acceptors (Lipinski definition) is 10. The summed E-state index contributed by atoms with van der Waals surface area (Å²) in [5.41, 5.74) is -4.19. The predicted molar refractivity (Wildman–Crippen MR) is 209 cm³/mol. The maximum Gasteiger partial charge on any atom is 0.408 e. The average Bonchev–Trinajstić information content (AvgIpc) is 4.06. The van der Waals surface area contributed by atoms with Crippen molar-refractivity contribution in [3.8, 4) is 5.88 Å². The number of benzene rings is 1. The zero-order valence-corrected chi connectivity index (χ0v) is 34.7. The van der Waals surface area contributed by atoms with Crippen molar-refractivity contribution in [2.45, 2.75) is 140 Å². The van der Waals surface area contributed by atoms with Gasteiger partial charge in [-0.05, 0) is 90.2 Å². The molecule has 4 aliphatic rings. The fourth-order valence-corrected chi connectivity index (χ4v) is 9.11. The van der Waals surface area contributed by atoms with Crippen molar-refractivity contribution in [1.29, 1.82) is 0 Å². The van der Waals surface area contributed by atoms with Gasteiger partial charge in [0.05, 0.1) is 28.6 Å². The van der Waals surface area contributed by atoms with Crippen LogP contribution in [0.3, 0.4) is 0 Å². The second kappa shape index (κ2) is 15.9. The molecule has 3 fully saturated rings. The number of ether oxygens (including phenoxy) is 2. The van der Waals surface area contributed by atoms with Gasteiger partial charge in [-0.15, -0.1) is 5.10 Å². The smallest absolute Gasteiger partial charge is 0.408 e. The van der Waals surface area contributed by atoms with E-state index in [4.69, 9.17) is 9.47 Å². The Balaban J connectivity index is 1.38. The summed E-state index contributed by atoms with van der Waals surface area (Å²) >= 11 is 0. The molecule has 3 heterocycles. The summed E-state index contributed by atoms with van der Waals surface area (Å²) in [7, 11) is -3.98. The number of nitrogens with one attached hydrogen (secondary N) is 3. The number of nitrogens with zero attached hydrogens (tertiary/aromatic N) is 3. The molecule has 0 bridgehead atoms. The molecule has 4 amide bonds. The summed E-state index contributed by atoms with van der Waals surface area (Å²) in [6, 6.07) is 3.74. The highest BCUT2D eigenvalue weighted by atomic mass is 32.2. The minimum atomic E-state index is -3.98. The normalized spacial score (nSPS) is 29.0. The predicted octanol–water partition coefficient (Wildman–Crippen LogP) is 4.35. The van der Waals surface area contributed by atoms with Gasteiger partial charge in [-0.2, -0.15) is 0 Å². The van der Waals surface area contributed by atoms with Crippen LogP contribution < -0.4 is 25.7 Å². The van der Waals surface area contributed by atoms with Crippen molar-refractivity contribution < 1.29 is 45.9 Å². The summed E-state index contributed by atoms with van der Waals surface area (Å²) in [5, 5.41) is 9.90. The first kappa shape index (κ1) is 43.0. The number of amides is 4. The molecule has 2 aromatic rings. The zero-order chi connectivity index (χ0) is 42.5. The van der Waals surface area contributed by atoms with E-state index >= 15 is 0 Å². The lowest BCUT2D eigenvalue weighted by Crippen LogP contribution is -2.59. The molecule has 7 atom stereocenters. The van der Waals surface area contributed by atoms with Gasteiger partial charge in [0.25, 0.3) is 17.4 Å². The molecule has 0 radical (unpaired) electrons. The van der Waals surface area contributed by atoms with E-state index in [1.165, 1.54) is 9.58 Å². The Bertz CT molecular complexity index is 2150. The molecule has 18 heteroatoms. The van der Waals surface area contributed by atoms with Gasteiger partial charge < -0.3 is 25.0 Å². The fourth-order valence-electron chi connectivity index (χ4n) is 7.75. The molecule has 6 rings (SSSR count). The van der Waals surface area contributed by atoms with E-state index < -0.39 is 86.2 Å². The van der Waals surface area contributed by atoms with E-state index in [0.717, 1.165) is 13.8 Å². The van der Waals surface area contributed by atoms with Crippen LogP contribution in [0.2, 0.25) is 0 Å². The standard InChI is InChI=1S/C40H54F2N6O9S/c1-22(2)48-34(50)29-15-11-10-14-28(29)33(45-48)56-26-19-30-32(49)44-40(36(52)46-58(54,55)27-16-17-27)20-25(40)13-9-8-12-23(3)18-24(4)31(35(51)47(30)21-26)43-37(53)57-38(5,6)39(7,41)42/h9-11,13-15,22-27,30-31H,8,12,16-21H2,1-7H3,(H,43,53)(H,44,49)(H,46,52)/b13-9-/t23-,24-,25-,26-,30+,31+,40-/m1/s1. The number of carbonyl (C=O) groups is 4. The molecule has 0 unspecified atom stereocenters. The number of halogens is 2. The number of aromatic nitrogens is 2. The van der Waals surface area contributed by atoms with Gasteiger partial charge in [0, 0.05) is 19.3 Å². The van der Waals surface area contributed by atoms with Crippen LogP contribution in [0.4, 0.5) is 13.6 Å². The summed E-state index contributed by atoms with van der Waals surface area (Å²) in [6.07, 6.45) is 4.01. The third-order valence-electron chi connectivity index (χ3n) is 11.9. The number of alkyl halides is 2. The summed E-state index contributed by atoms with van der Waals surface area (Å²) in [5.74, 6) is -6.79. The van der Waals surface area contributed by atoms with Gasteiger partial charge in [-0.25, -0.2) is 26.7 Å². The highest BCUT2D eigenvalue weighted by Crippen LogP contribution is 2.46. The Morgan fingerprint density at radius 2 is 1.71 bits per heavy atom. The van der Waals surface area contributed by atoms with Crippen LogP contribution in [0.5, 0.6) is 5.88 Å². The third-order valence-corrected chi connectivity index (χ3v) is 13.7. The Labute approximate surface area is 336 Å². The monoisotopic (exact) mass is 832 g/mol. The highest BCUT2D eigenvalue weighted by Gasteiger charge is 2.62. The zero-order valence-electron chi connectivity index (χ0n) is 33.9. The number of alkyl carbamates (subject to hydrolysis) is 1. The van der Waals surface area contributed by atoms with E-state index in [2.05, 4.69) is 20.5 Å². The quantitative estimate of drug-likeness (QED) is 0.306. The lowest BCUT2D eigenvalue weighted by molar-refractivity contribution is -0.152. The van der Waals surface area contributed by atoms with Gasteiger partial charge in [-0.3, -0.25) is 23.9 Å². The Morgan fingerprint density at radius 3 is 2.34 bits per heavy atom. The van der Waals surface area contributed by atoms with Crippen LogP contribution in [0, 0.1) is 17.8 Å². The first-order valence-corrected chi connectivity index (χ1v) is 21.5. The summed E-state index contributed by atoms with van der Waals surface area (Å²) in [6.45, 7) is 9.81. The number of rotatable bonds is 9. The molecule has 1 aromatic heterocycles. The second-order valence-corrected chi connectivity index (χ2v) is 19.3. The first-order valence-electron chi connectivity index (χ1n) is 20.0. The Morgan fingerprint density at radius 1 is 1.03 bits per heavy atom. The van der Waals surface area contributed by atoms with E-state index in [9.17, 15) is 41.2 Å². The third kappa shape index (κ3) is 8.86. The molecular weight excluding hydrogens is 779 g/mol. The van der Waals surface area contributed by atoms with Crippen LogP contribution in [0.15, 0.2) is 41.2 Å². The molecule has 3 N–H and O–H groups in total. The number of allylic oxidation sites excluding steroid dienone is 1. The molecule has 2 aliphatic carbocycles. The van der Waals surface area contributed by atoms with Gasteiger partial charge >= 0.3 is 6.09 Å². The molecule has 1 aromatic carbocycles. The van der Waals surface area contributed by atoms with E-state index in [1.807, 2.05) is 13.0 Å². The second-order valence-electron chi connectivity index (χ2n) is 17.4. The van der Waals surface area contributed by atoms with Gasteiger partial charge in [0.15, 0.2) is 5.60 Å². The Kier molecular flexibility index (Phi) is 11.8. The minimum Gasteiger partial charge on any atom is -0.471 e. The molecule has 15 nitrogen and oxygen atoms in total. The van der Waals surface area contributed by atoms with Crippen molar-refractivity contribution in [3.05, 3.63) is 46.8 Å². The summed E-state index contributed by atoms with van der Waals surface area (Å²) < 4.78 is 69.7. The molecule has 58 heavy (non-hydrogen) atoms. The van der Waals surface area contributed by atoms with Crippen molar-refractivity contribution in [1.82, 2.24) is 30.0 Å². The van der Waals surface area contributed by atoms with Crippen molar-refractivity contribution in [2.24, 2.45) is 17.8 Å². The molecule has 1 saturated heterocycles. The minimum absolute atomic E-state index is 0.00599. The average molecular weight is 833 g/mol. The van der Waals surface area contributed by atoms with Crippen LogP contribution in [-0.2, 0) is 29.1 Å². The van der Waals surface area contributed by atoms with Gasteiger partial charge in [0.1, 0.15) is 23.7 Å². The van der Waals surface area contributed by atoms with Crippen LogP contribution in [0.25, 0.3) is 10.8 Å². The van der Waals surface area contributed by atoms with Crippen LogP contribution in [0.1, 0.15) is 99.5 Å². The number of hydrogen-bond donors (Lipinski definition) is 3. The van der Waals surface area contributed by atoms with Gasteiger partial charge in [-0.1, -0.05) is 38.1 Å². The largest absolute Gasteiger partial charge is 0.471 e. The summed E-state index contributed by atoms with van der Waals surface area (Å²) in [4.78, 5) is 71.0. The maximum atomic E-state index is 14.8. The molecular formula is C40H54F2N6O9S. The van der Waals surface area contributed by atoms with E-state index in [-0.39, 0.29) is 42.8 Å². The van der Waals surface area contributed by atoms with E-state index in [0.29, 0.717) is 49.8 Å². The lowest BCUT2D eigenvalue weighted by atomic mass is 9.88. The number of fused-ring (bicyclic) bond motifs is 3. The number of carbonyl (C=O) groups excluding carboxylic acids is 4.